The van der Waals surface area contributed by atoms with Gasteiger partial charge in [-0.25, -0.2) is 0 Å². The summed E-state index contributed by atoms with van der Waals surface area (Å²) in [6.07, 6.45) is 18.4. The predicted molar refractivity (Wildman–Crippen MR) is 107 cm³/mol. The van der Waals surface area contributed by atoms with E-state index in [2.05, 4.69) is 77.6 Å². The summed E-state index contributed by atoms with van der Waals surface area (Å²) in [5.41, 5.74) is 3.81. The number of allylic oxidation sites excluding steroid dienone is 2. The van der Waals surface area contributed by atoms with Gasteiger partial charge >= 0.3 is 0 Å². The first-order chi connectivity index (χ1) is 12.4. The second-order valence-electron chi connectivity index (χ2n) is 6.69. The quantitative estimate of drug-likeness (QED) is 0.533. The molecule has 0 spiro atoms. The average molecular weight is 332 g/mol. The van der Waals surface area contributed by atoms with Gasteiger partial charge < -0.3 is 4.90 Å². The highest BCUT2D eigenvalue weighted by molar-refractivity contribution is 5.77. The third-order valence-electron chi connectivity index (χ3n) is 4.82. The molecule has 130 valence electrons. The van der Waals surface area contributed by atoms with E-state index in [9.17, 15) is 0 Å². The lowest BCUT2D eigenvalue weighted by molar-refractivity contribution is 0.576. The molecule has 1 atom stereocenters. The summed E-state index contributed by atoms with van der Waals surface area (Å²) in [7, 11) is 0. The smallest absolute Gasteiger partial charge is 0.0525 e. The largest absolute Gasteiger partial charge is 0.341 e. The highest BCUT2D eigenvalue weighted by atomic mass is 15.1. The Bertz CT molecular complexity index is 689. The number of anilines is 1. The Morgan fingerprint density at radius 3 is 2.44 bits per heavy atom. The van der Waals surface area contributed by atoms with Crippen molar-refractivity contribution in [1.29, 1.82) is 0 Å². The lowest BCUT2D eigenvalue weighted by Gasteiger charge is -2.32. The molecule has 1 aromatic carbocycles. The van der Waals surface area contributed by atoms with Crippen molar-refractivity contribution in [1.82, 2.24) is 4.98 Å². The Balaban J connectivity index is 1.75. The molecule has 0 bridgehead atoms. The van der Waals surface area contributed by atoms with Crippen molar-refractivity contribution in [2.75, 3.05) is 4.90 Å². The van der Waals surface area contributed by atoms with Crippen molar-refractivity contribution in [2.24, 2.45) is 0 Å². The van der Waals surface area contributed by atoms with Gasteiger partial charge in [-0.2, -0.15) is 0 Å². The van der Waals surface area contributed by atoms with Gasteiger partial charge in [-0.1, -0.05) is 63.3 Å². The van der Waals surface area contributed by atoms with Crippen molar-refractivity contribution in [2.45, 2.75) is 51.5 Å². The number of rotatable bonds is 8. The first kappa shape index (κ1) is 17.5. The summed E-state index contributed by atoms with van der Waals surface area (Å²) in [4.78, 5) is 6.55. The topological polar surface area (TPSA) is 16.1 Å². The van der Waals surface area contributed by atoms with Crippen LogP contribution >= 0.6 is 0 Å². The molecule has 0 saturated carbocycles. The summed E-state index contributed by atoms with van der Waals surface area (Å²) in [6.45, 7) is 2.27. The van der Waals surface area contributed by atoms with Crippen LogP contribution in [0.2, 0.25) is 0 Å². The van der Waals surface area contributed by atoms with E-state index in [1.54, 1.807) is 0 Å². The van der Waals surface area contributed by atoms with Crippen molar-refractivity contribution >= 4 is 11.3 Å². The first-order valence-electron chi connectivity index (χ1n) is 9.52. The zero-order valence-electron chi connectivity index (χ0n) is 15.1. The average Bonchev–Trinajstić information content (AvgIpc) is 2.69. The third-order valence-corrected chi connectivity index (χ3v) is 4.82. The zero-order chi connectivity index (χ0) is 17.3. The molecule has 2 heterocycles. The Kier molecular flexibility index (Phi) is 6.44. The monoisotopic (exact) mass is 332 g/mol. The SMILES string of the molecule is CCCCCCCC1C=C(c2ccncc2)C=CN1c1ccccc1. The minimum absolute atomic E-state index is 0.414. The molecule has 2 heteroatoms. The summed E-state index contributed by atoms with van der Waals surface area (Å²) in [6, 6.07) is 15.3. The summed E-state index contributed by atoms with van der Waals surface area (Å²) in [5.74, 6) is 0. The van der Waals surface area contributed by atoms with Gasteiger partial charge in [-0.05, 0) is 47.9 Å². The van der Waals surface area contributed by atoms with Crippen LogP contribution in [0.4, 0.5) is 5.69 Å². The Morgan fingerprint density at radius 2 is 1.68 bits per heavy atom. The molecule has 3 rings (SSSR count). The molecule has 0 amide bonds. The predicted octanol–water partition coefficient (Wildman–Crippen LogP) is 6.23. The molecule has 0 radical (unpaired) electrons. The molecule has 2 aromatic rings. The molecule has 0 fully saturated rings. The van der Waals surface area contributed by atoms with E-state index in [-0.39, 0.29) is 0 Å². The third kappa shape index (κ3) is 4.82. The fraction of sp³-hybridized carbons (Fsp3) is 0.348. The van der Waals surface area contributed by atoms with Crippen LogP contribution in [0.15, 0.2) is 73.2 Å². The number of nitrogens with zero attached hydrogens (tertiary/aromatic N) is 2. The lowest BCUT2D eigenvalue weighted by Crippen LogP contribution is -2.31. The Morgan fingerprint density at radius 1 is 0.920 bits per heavy atom. The maximum atomic E-state index is 4.14. The van der Waals surface area contributed by atoms with E-state index in [0.717, 1.165) is 0 Å². The minimum atomic E-state index is 0.414. The van der Waals surface area contributed by atoms with Crippen LogP contribution in [0.5, 0.6) is 0 Å². The molecular formula is C23H28N2. The number of hydrogen-bond donors (Lipinski definition) is 0. The van der Waals surface area contributed by atoms with Crippen LogP contribution in [-0.2, 0) is 0 Å². The molecule has 1 aromatic heterocycles. The van der Waals surface area contributed by atoms with Crippen LogP contribution < -0.4 is 4.90 Å². The van der Waals surface area contributed by atoms with Gasteiger partial charge in [0.15, 0.2) is 0 Å². The van der Waals surface area contributed by atoms with Gasteiger partial charge in [0.1, 0.15) is 0 Å². The summed E-state index contributed by atoms with van der Waals surface area (Å²) < 4.78 is 0. The van der Waals surface area contributed by atoms with Crippen LogP contribution in [-0.4, -0.2) is 11.0 Å². The van der Waals surface area contributed by atoms with Gasteiger partial charge in [-0.3, -0.25) is 4.98 Å². The molecule has 25 heavy (non-hydrogen) atoms. The van der Waals surface area contributed by atoms with Crippen LogP contribution in [0.25, 0.3) is 5.57 Å². The van der Waals surface area contributed by atoms with Crippen molar-refractivity contribution in [3.05, 3.63) is 78.8 Å². The number of benzene rings is 1. The fourth-order valence-electron chi connectivity index (χ4n) is 3.41. The van der Waals surface area contributed by atoms with Gasteiger partial charge in [0.2, 0.25) is 0 Å². The van der Waals surface area contributed by atoms with Gasteiger partial charge in [0.05, 0.1) is 6.04 Å². The van der Waals surface area contributed by atoms with E-state index >= 15 is 0 Å². The molecular weight excluding hydrogens is 304 g/mol. The number of pyridine rings is 1. The number of aromatic nitrogens is 1. The van der Waals surface area contributed by atoms with E-state index in [0.29, 0.717) is 6.04 Å². The lowest BCUT2D eigenvalue weighted by atomic mass is 9.96. The van der Waals surface area contributed by atoms with Gasteiger partial charge in [0, 0.05) is 24.3 Å². The first-order valence-corrected chi connectivity index (χ1v) is 9.52. The standard InChI is InChI=1S/C23H28N2/c1-2-3-4-5-7-12-23-19-21(20-13-16-24-17-14-20)15-18-25(23)22-10-8-6-9-11-22/h6,8-11,13-19,23H,2-5,7,12H2,1H3. The highest BCUT2D eigenvalue weighted by Crippen LogP contribution is 2.29. The van der Waals surface area contributed by atoms with Crippen LogP contribution in [0, 0.1) is 0 Å². The van der Waals surface area contributed by atoms with Crippen LogP contribution in [0.3, 0.4) is 0 Å². The molecule has 0 aliphatic carbocycles. The van der Waals surface area contributed by atoms with Crippen molar-refractivity contribution in [3.8, 4) is 0 Å². The van der Waals surface area contributed by atoms with Crippen LogP contribution in [0.1, 0.15) is 51.0 Å². The van der Waals surface area contributed by atoms with Gasteiger partial charge in [-0.15, -0.1) is 0 Å². The van der Waals surface area contributed by atoms with E-state index < -0.39 is 0 Å². The minimum Gasteiger partial charge on any atom is -0.341 e. The maximum Gasteiger partial charge on any atom is 0.0525 e. The summed E-state index contributed by atoms with van der Waals surface area (Å²) in [5, 5.41) is 0. The zero-order valence-corrected chi connectivity index (χ0v) is 15.1. The number of hydrogen-bond acceptors (Lipinski definition) is 2. The fourth-order valence-corrected chi connectivity index (χ4v) is 3.41. The second kappa shape index (κ2) is 9.22. The highest BCUT2D eigenvalue weighted by Gasteiger charge is 2.19. The number of unbranched alkanes of at least 4 members (excludes halogenated alkanes) is 4. The molecule has 0 saturated heterocycles. The van der Waals surface area contributed by atoms with Crippen molar-refractivity contribution < 1.29 is 0 Å². The Labute approximate surface area is 151 Å². The number of para-hydroxylation sites is 1. The molecule has 1 unspecified atom stereocenters. The molecule has 1 aliphatic heterocycles. The van der Waals surface area contributed by atoms with Gasteiger partial charge in [0.25, 0.3) is 0 Å². The van der Waals surface area contributed by atoms with E-state index in [1.807, 2.05) is 12.4 Å². The second-order valence-corrected chi connectivity index (χ2v) is 6.69. The molecule has 0 N–H and O–H groups in total. The summed E-state index contributed by atoms with van der Waals surface area (Å²) >= 11 is 0. The van der Waals surface area contributed by atoms with E-state index in [4.69, 9.17) is 0 Å². The molecule has 2 nitrogen and oxygen atoms in total. The normalized spacial score (nSPS) is 16.8. The van der Waals surface area contributed by atoms with E-state index in [1.165, 1.54) is 55.3 Å². The van der Waals surface area contributed by atoms with Crippen molar-refractivity contribution in [3.63, 3.8) is 0 Å². The molecule has 1 aliphatic rings. The maximum absolute atomic E-state index is 4.14. The Hall–Kier alpha value is -2.35.